The van der Waals surface area contributed by atoms with Crippen molar-refractivity contribution in [2.75, 3.05) is 12.1 Å². The highest BCUT2D eigenvalue weighted by Gasteiger charge is 2.30. The van der Waals surface area contributed by atoms with Crippen LogP contribution in [0.25, 0.3) is 0 Å². The van der Waals surface area contributed by atoms with Crippen molar-refractivity contribution in [3.05, 3.63) is 22.2 Å². The highest BCUT2D eigenvalue weighted by molar-refractivity contribution is 5.95. The lowest BCUT2D eigenvalue weighted by atomic mass is 10.1. The number of hydrogen-bond acceptors (Lipinski definition) is 6. The Morgan fingerprint density at radius 2 is 2.05 bits per heavy atom. The fourth-order valence-electron chi connectivity index (χ4n) is 2.67. The van der Waals surface area contributed by atoms with E-state index in [2.05, 4.69) is 5.32 Å². The third kappa shape index (κ3) is 2.62. The van der Waals surface area contributed by atoms with E-state index in [0.29, 0.717) is 24.3 Å². The Balaban J connectivity index is 1.84. The SMILES string of the molecule is NC1CCC(C(=O)Nc2cc3c(cc2[N+](=O)[O-])OCO3)C1. The van der Waals surface area contributed by atoms with Crippen molar-refractivity contribution in [3.63, 3.8) is 0 Å². The molecule has 0 radical (unpaired) electrons. The molecule has 1 saturated carbocycles. The lowest BCUT2D eigenvalue weighted by molar-refractivity contribution is -0.384. The highest BCUT2D eigenvalue weighted by atomic mass is 16.7. The van der Waals surface area contributed by atoms with Crippen molar-refractivity contribution in [2.24, 2.45) is 11.7 Å². The standard InChI is InChI=1S/C13H15N3O5/c14-8-2-1-7(3-8)13(17)15-9-4-11-12(21-6-20-11)5-10(9)16(18)19/h4-5,7-8H,1-3,6,14H2,(H,15,17). The molecule has 112 valence electrons. The van der Waals surface area contributed by atoms with Gasteiger partial charge in [0.1, 0.15) is 5.69 Å². The Morgan fingerprint density at radius 1 is 1.33 bits per heavy atom. The van der Waals surface area contributed by atoms with Crippen molar-refractivity contribution in [3.8, 4) is 11.5 Å². The van der Waals surface area contributed by atoms with Crippen molar-refractivity contribution in [1.29, 1.82) is 0 Å². The minimum atomic E-state index is -0.558. The van der Waals surface area contributed by atoms with E-state index in [0.717, 1.165) is 6.42 Å². The summed E-state index contributed by atoms with van der Waals surface area (Å²) < 4.78 is 10.3. The number of nitro benzene ring substituents is 1. The van der Waals surface area contributed by atoms with Crippen LogP contribution in [-0.4, -0.2) is 23.7 Å². The Labute approximate surface area is 120 Å². The van der Waals surface area contributed by atoms with Gasteiger partial charge in [-0.05, 0) is 19.3 Å². The molecule has 3 rings (SSSR count). The number of hydrogen-bond donors (Lipinski definition) is 2. The van der Waals surface area contributed by atoms with Crippen LogP contribution in [-0.2, 0) is 4.79 Å². The average Bonchev–Trinajstić information content (AvgIpc) is 3.05. The zero-order chi connectivity index (χ0) is 15.0. The second-order valence-corrected chi connectivity index (χ2v) is 5.24. The number of carbonyl (C=O) groups excluding carboxylic acids is 1. The van der Waals surface area contributed by atoms with Crippen molar-refractivity contribution in [2.45, 2.75) is 25.3 Å². The normalized spacial score (nSPS) is 23.1. The largest absolute Gasteiger partial charge is 0.454 e. The van der Waals surface area contributed by atoms with E-state index in [1.165, 1.54) is 12.1 Å². The summed E-state index contributed by atoms with van der Waals surface area (Å²) in [6.45, 7) is 0.0152. The molecular weight excluding hydrogens is 278 g/mol. The minimum Gasteiger partial charge on any atom is -0.454 e. The lowest BCUT2D eigenvalue weighted by Gasteiger charge is -2.11. The van der Waals surface area contributed by atoms with Crippen LogP contribution in [0, 0.1) is 16.0 Å². The number of fused-ring (bicyclic) bond motifs is 1. The number of nitrogens with one attached hydrogen (secondary N) is 1. The van der Waals surface area contributed by atoms with Gasteiger partial charge in [-0.15, -0.1) is 0 Å². The van der Waals surface area contributed by atoms with Gasteiger partial charge < -0.3 is 20.5 Å². The number of nitrogens with two attached hydrogens (primary N) is 1. The fourth-order valence-corrected chi connectivity index (χ4v) is 2.67. The molecule has 2 atom stereocenters. The van der Waals surface area contributed by atoms with Gasteiger partial charge in [0, 0.05) is 18.0 Å². The van der Waals surface area contributed by atoms with E-state index in [1.54, 1.807) is 0 Å². The van der Waals surface area contributed by atoms with E-state index in [4.69, 9.17) is 15.2 Å². The first kappa shape index (κ1) is 13.6. The van der Waals surface area contributed by atoms with Crippen LogP contribution in [0.15, 0.2) is 12.1 Å². The lowest BCUT2D eigenvalue weighted by Crippen LogP contribution is -2.23. The van der Waals surface area contributed by atoms with Gasteiger partial charge in [0.2, 0.25) is 12.7 Å². The van der Waals surface area contributed by atoms with Gasteiger partial charge in [0.15, 0.2) is 11.5 Å². The number of amides is 1. The monoisotopic (exact) mass is 293 g/mol. The highest BCUT2D eigenvalue weighted by Crippen LogP contribution is 2.41. The molecule has 1 aromatic rings. The Bertz CT molecular complexity index is 604. The second-order valence-electron chi connectivity index (χ2n) is 5.24. The number of carbonyl (C=O) groups is 1. The topological polar surface area (TPSA) is 117 Å². The van der Waals surface area contributed by atoms with Gasteiger partial charge in [0.05, 0.1) is 11.0 Å². The summed E-state index contributed by atoms with van der Waals surface area (Å²) in [5.41, 5.74) is 5.69. The third-order valence-corrected chi connectivity index (χ3v) is 3.79. The molecule has 8 heteroatoms. The Hall–Kier alpha value is -2.35. The summed E-state index contributed by atoms with van der Waals surface area (Å²) in [6, 6.07) is 2.71. The molecule has 1 amide bonds. The third-order valence-electron chi connectivity index (χ3n) is 3.79. The van der Waals surface area contributed by atoms with Crippen LogP contribution in [0.1, 0.15) is 19.3 Å². The van der Waals surface area contributed by atoms with Crippen LogP contribution in [0.3, 0.4) is 0 Å². The number of rotatable bonds is 3. The first-order valence-corrected chi connectivity index (χ1v) is 6.69. The van der Waals surface area contributed by atoms with Crippen LogP contribution in [0.2, 0.25) is 0 Å². The summed E-state index contributed by atoms with van der Waals surface area (Å²) in [6.07, 6.45) is 2.09. The quantitative estimate of drug-likeness (QED) is 0.642. The van der Waals surface area contributed by atoms with Gasteiger partial charge in [0.25, 0.3) is 5.69 Å². The van der Waals surface area contributed by atoms with Crippen LogP contribution in [0.5, 0.6) is 11.5 Å². The van der Waals surface area contributed by atoms with Gasteiger partial charge >= 0.3 is 0 Å². The maximum atomic E-state index is 12.2. The fraction of sp³-hybridized carbons (Fsp3) is 0.462. The average molecular weight is 293 g/mol. The molecule has 2 aliphatic rings. The van der Waals surface area contributed by atoms with Crippen molar-refractivity contribution >= 4 is 17.3 Å². The zero-order valence-corrected chi connectivity index (χ0v) is 11.2. The van der Waals surface area contributed by atoms with Gasteiger partial charge in [-0.3, -0.25) is 14.9 Å². The van der Waals surface area contributed by atoms with E-state index < -0.39 is 4.92 Å². The molecule has 1 aliphatic carbocycles. The number of benzene rings is 1. The van der Waals surface area contributed by atoms with Gasteiger partial charge in [-0.25, -0.2) is 0 Å². The number of nitrogens with zero attached hydrogens (tertiary/aromatic N) is 1. The van der Waals surface area contributed by atoms with E-state index in [1.807, 2.05) is 0 Å². The minimum absolute atomic E-state index is 0.0152. The second kappa shape index (κ2) is 5.21. The van der Waals surface area contributed by atoms with E-state index in [9.17, 15) is 14.9 Å². The van der Waals surface area contributed by atoms with Crippen molar-refractivity contribution < 1.29 is 19.2 Å². The molecule has 0 saturated heterocycles. The molecule has 3 N–H and O–H groups in total. The van der Waals surface area contributed by atoms with Crippen molar-refractivity contribution in [1.82, 2.24) is 0 Å². The predicted octanol–water partition coefficient (Wildman–Crippen LogP) is 1.39. The molecule has 0 bridgehead atoms. The number of ether oxygens (including phenoxy) is 2. The molecule has 8 nitrogen and oxygen atoms in total. The van der Waals surface area contributed by atoms with Crippen LogP contribution >= 0.6 is 0 Å². The predicted molar refractivity (Wildman–Crippen MR) is 73.2 cm³/mol. The smallest absolute Gasteiger partial charge is 0.296 e. The number of anilines is 1. The zero-order valence-electron chi connectivity index (χ0n) is 11.2. The maximum Gasteiger partial charge on any atom is 0.296 e. The Kier molecular flexibility index (Phi) is 3.38. The van der Waals surface area contributed by atoms with Gasteiger partial charge in [-0.1, -0.05) is 0 Å². The van der Waals surface area contributed by atoms with Crippen LogP contribution < -0.4 is 20.5 Å². The van der Waals surface area contributed by atoms with E-state index in [-0.39, 0.29) is 36.0 Å². The number of nitro groups is 1. The van der Waals surface area contributed by atoms with E-state index >= 15 is 0 Å². The molecular formula is C13H15N3O5. The summed E-state index contributed by atoms with van der Waals surface area (Å²) in [5, 5.41) is 13.7. The van der Waals surface area contributed by atoms with Gasteiger partial charge in [-0.2, -0.15) is 0 Å². The molecule has 1 heterocycles. The summed E-state index contributed by atoms with van der Waals surface area (Å²) >= 11 is 0. The summed E-state index contributed by atoms with van der Waals surface area (Å²) in [4.78, 5) is 22.7. The first-order chi connectivity index (χ1) is 10.0. The molecule has 1 aliphatic heterocycles. The molecule has 2 unspecified atom stereocenters. The molecule has 1 fully saturated rings. The summed E-state index contributed by atoms with van der Waals surface area (Å²) in [5.74, 6) is 0.247. The van der Waals surface area contributed by atoms with Crippen LogP contribution in [0.4, 0.5) is 11.4 Å². The maximum absolute atomic E-state index is 12.2. The molecule has 0 spiro atoms. The summed E-state index contributed by atoms with van der Waals surface area (Å²) in [7, 11) is 0. The molecule has 0 aromatic heterocycles. The molecule has 1 aromatic carbocycles. The Morgan fingerprint density at radius 3 is 2.67 bits per heavy atom. The first-order valence-electron chi connectivity index (χ1n) is 6.69. The molecule has 21 heavy (non-hydrogen) atoms.